The highest BCUT2D eigenvalue weighted by atomic mass is 16.6. The lowest BCUT2D eigenvalue weighted by molar-refractivity contribution is 0.0579. The Morgan fingerprint density at radius 1 is 0.944 bits per heavy atom. The van der Waals surface area contributed by atoms with Crippen LogP contribution < -0.4 is 11.1 Å². The maximum Gasteiger partial charge on any atom is 0.110 e. The molecule has 1 saturated heterocycles. The van der Waals surface area contributed by atoms with Crippen molar-refractivity contribution in [1.29, 1.82) is 0 Å². The van der Waals surface area contributed by atoms with Gasteiger partial charge in [0.15, 0.2) is 0 Å². The van der Waals surface area contributed by atoms with Gasteiger partial charge in [-0.1, -0.05) is 81.1 Å². The summed E-state index contributed by atoms with van der Waals surface area (Å²) in [5, 5.41) is 13.2. The number of anilines is 2. The molecule has 0 aromatic heterocycles. The lowest BCUT2D eigenvalue weighted by Crippen LogP contribution is -2.41. The fourth-order valence-corrected chi connectivity index (χ4v) is 3.39. The maximum atomic E-state index is 9.88. The Labute approximate surface area is 218 Å². The molecule has 2 atom stereocenters. The van der Waals surface area contributed by atoms with E-state index < -0.39 is 5.60 Å². The third-order valence-electron chi connectivity index (χ3n) is 5.72. The molecule has 0 saturated carbocycles. The number of ether oxygens (including phenoxy) is 2. The molecule has 1 heterocycles. The van der Waals surface area contributed by atoms with Gasteiger partial charge in [0, 0.05) is 11.4 Å². The van der Waals surface area contributed by atoms with E-state index in [9.17, 15) is 5.11 Å². The summed E-state index contributed by atoms with van der Waals surface area (Å²) in [5.74, 6) is 0. The molecule has 0 aliphatic carbocycles. The quantitative estimate of drug-likeness (QED) is 0.234. The zero-order valence-electron chi connectivity index (χ0n) is 21.8. The van der Waals surface area contributed by atoms with E-state index in [4.69, 9.17) is 15.2 Å². The van der Waals surface area contributed by atoms with Gasteiger partial charge in [-0.05, 0) is 63.9 Å². The molecule has 36 heavy (non-hydrogen) atoms. The van der Waals surface area contributed by atoms with Crippen LogP contribution in [0.25, 0.3) is 0 Å². The van der Waals surface area contributed by atoms with E-state index in [0.717, 1.165) is 17.8 Å². The monoisotopic (exact) mass is 494 g/mol. The Morgan fingerprint density at radius 3 is 1.81 bits per heavy atom. The van der Waals surface area contributed by atoms with Crippen LogP contribution in [-0.4, -0.2) is 35.1 Å². The second-order valence-corrected chi connectivity index (χ2v) is 9.75. The molecule has 0 radical (unpaired) electrons. The van der Waals surface area contributed by atoms with Crippen LogP contribution in [0.4, 0.5) is 11.4 Å². The largest absolute Gasteiger partial charge is 0.399 e. The number of epoxide rings is 1. The van der Waals surface area contributed by atoms with Crippen molar-refractivity contribution < 1.29 is 14.6 Å². The Bertz CT molecular complexity index is 942. The van der Waals surface area contributed by atoms with Crippen LogP contribution in [-0.2, 0) is 16.1 Å². The van der Waals surface area contributed by atoms with Crippen molar-refractivity contribution in [3.63, 3.8) is 0 Å². The van der Waals surface area contributed by atoms with E-state index in [1.165, 1.54) is 5.56 Å². The number of hydrogen-bond donors (Lipinski definition) is 3. The van der Waals surface area contributed by atoms with Gasteiger partial charge in [-0.3, -0.25) is 0 Å². The first-order valence-electron chi connectivity index (χ1n) is 12.3. The molecular formula is C31H46N2O3. The van der Waals surface area contributed by atoms with Gasteiger partial charge in [0.25, 0.3) is 0 Å². The summed E-state index contributed by atoms with van der Waals surface area (Å²) in [6.45, 7) is 11.3. The van der Waals surface area contributed by atoms with Crippen molar-refractivity contribution in [3.8, 4) is 0 Å². The summed E-state index contributed by atoms with van der Waals surface area (Å²) < 4.78 is 11.0. The number of para-hydroxylation sites is 2. The average molecular weight is 495 g/mol. The minimum Gasteiger partial charge on any atom is -0.399 e. The second-order valence-electron chi connectivity index (χ2n) is 9.75. The van der Waals surface area contributed by atoms with E-state index in [0.29, 0.717) is 13.2 Å². The molecule has 3 aromatic carbocycles. The third kappa shape index (κ3) is 12.2. The number of aliphatic hydroxyl groups is 1. The molecule has 1 aliphatic heterocycles. The smallest absolute Gasteiger partial charge is 0.110 e. The van der Waals surface area contributed by atoms with Crippen molar-refractivity contribution in [2.75, 3.05) is 17.7 Å². The molecule has 1 fully saturated rings. The molecule has 1 aliphatic rings. The molecule has 5 nitrogen and oxygen atoms in total. The SMILES string of the molecule is C.CC1(C)OC1COCc1ccccc1.CCC(Nc1ccccc1)C(C)(C)O.Nc1ccccc1. The summed E-state index contributed by atoms with van der Waals surface area (Å²) in [7, 11) is 0. The number of benzene rings is 3. The van der Waals surface area contributed by atoms with E-state index in [2.05, 4.69) is 38.2 Å². The summed E-state index contributed by atoms with van der Waals surface area (Å²) in [6, 6.07) is 29.7. The predicted octanol–water partition coefficient (Wildman–Crippen LogP) is 6.93. The lowest BCUT2D eigenvalue weighted by Gasteiger charge is -2.30. The number of nitrogens with two attached hydrogens (primary N) is 1. The fourth-order valence-electron chi connectivity index (χ4n) is 3.39. The van der Waals surface area contributed by atoms with E-state index >= 15 is 0 Å². The van der Waals surface area contributed by atoms with Gasteiger partial charge in [0.2, 0.25) is 0 Å². The van der Waals surface area contributed by atoms with Gasteiger partial charge in [-0.2, -0.15) is 0 Å². The molecule has 4 N–H and O–H groups in total. The predicted molar refractivity (Wildman–Crippen MR) is 153 cm³/mol. The van der Waals surface area contributed by atoms with Gasteiger partial charge < -0.3 is 25.6 Å². The topological polar surface area (TPSA) is 80.0 Å². The lowest BCUT2D eigenvalue weighted by atomic mass is 9.96. The summed E-state index contributed by atoms with van der Waals surface area (Å²) >= 11 is 0. The van der Waals surface area contributed by atoms with E-state index in [1.54, 1.807) is 0 Å². The Kier molecular flexibility index (Phi) is 13.2. The molecule has 2 unspecified atom stereocenters. The van der Waals surface area contributed by atoms with Gasteiger partial charge >= 0.3 is 0 Å². The first-order chi connectivity index (χ1) is 16.6. The standard InChI is InChI=1S/C12H19NO.C12H16O2.C6H7N.CH4/c1-4-11(12(2,3)14)13-10-8-6-5-7-9-10;1-12(2)11(14-12)9-13-8-10-6-4-3-5-7-10;7-6-4-2-1-3-5-6;/h5-9,11,13-14H,4H2,1-3H3;3-7,11H,8-9H2,1-2H3;1-5H,7H2;1H4. The van der Waals surface area contributed by atoms with Crippen molar-refractivity contribution in [2.45, 2.75) is 78.4 Å². The fraction of sp³-hybridized carbons (Fsp3) is 0.419. The molecule has 4 rings (SSSR count). The van der Waals surface area contributed by atoms with Crippen molar-refractivity contribution >= 4 is 11.4 Å². The van der Waals surface area contributed by atoms with Crippen LogP contribution in [0.5, 0.6) is 0 Å². The van der Waals surface area contributed by atoms with Crippen LogP contribution in [0.15, 0.2) is 91.0 Å². The molecule has 0 bridgehead atoms. The molecule has 3 aromatic rings. The summed E-state index contributed by atoms with van der Waals surface area (Å²) in [6.07, 6.45) is 1.18. The molecule has 5 heteroatoms. The second kappa shape index (κ2) is 15.3. The Morgan fingerprint density at radius 2 is 1.42 bits per heavy atom. The minimum absolute atomic E-state index is 0. The van der Waals surface area contributed by atoms with Crippen LogP contribution in [0.1, 0.15) is 54.0 Å². The molecule has 198 valence electrons. The Hall–Kier alpha value is -2.86. The van der Waals surface area contributed by atoms with E-state index in [1.807, 2.05) is 92.7 Å². The van der Waals surface area contributed by atoms with Crippen LogP contribution in [0, 0.1) is 0 Å². The zero-order valence-corrected chi connectivity index (χ0v) is 21.8. The number of nitrogens with one attached hydrogen (secondary N) is 1. The normalized spacial score (nSPS) is 16.1. The summed E-state index contributed by atoms with van der Waals surface area (Å²) in [4.78, 5) is 0. The molecule has 0 amide bonds. The van der Waals surface area contributed by atoms with Crippen molar-refractivity contribution in [1.82, 2.24) is 0 Å². The van der Waals surface area contributed by atoms with Crippen LogP contribution in [0.3, 0.4) is 0 Å². The maximum absolute atomic E-state index is 9.88. The summed E-state index contributed by atoms with van der Waals surface area (Å²) in [5.41, 5.74) is 7.80. The number of rotatable bonds is 8. The highest BCUT2D eigenvalue weighted by Gasteiger charge is 2.47. The van der Waals surface area contributed by atoms with Crippen molar-refractivity contribution in [2.24, 2.45) is 0 Å². The van der Waals surface area contributed by atoms with Gasteiger partial charge in [-0.25, -0.2) is 0 Å². The van der Waals surface area contributed by atoms with Gasteiger partial charge in [0.1, 0.15) is 6.10 Å². The van der Waals surface area contributed by atoms with Crippen molar-refractivity contribution in [3.05, 3.63) is 96.6 Å². The zero-order chi connectivity index (χ0) is 25.7. The Balaban J connectivity index is 0.000000281. The average Bonchev–Trinajstić information content (AvgIpc) is 3.45. The van der Waals surface area contributed by atoms with Crippen LogP contribution >= 0.6 is 0 Å². The molecule has 0 spiro atoms. The highest BCUT2D eigenvalue weighted by Crippen LogP contribution is 2.35. The number of nitrogen functional groups attached to an aromatic ring is 1. The minimum atomic E-state index is -0.690. The van der Waals surface area contributed by atoms with Crippen LogP contribution in [0.2, 0.25) is 0 Å². The number of hydrogen-bond acceptors (Lipinski definition) is 5. The highest BCUT2D eigenvalue weighted by molar-refractivity contribution is 5.44. The van der Waals surface area contributed by atoms with Gasteiger partial charge in [-0.15, -0.1) is 0 Å². The third-order valence-corrected chi connectivity index (χ3v) is 5.72. The molecular weight excluding hydrogens is 448 g/mol. The van der Waals surface area contributed by atoms with Gasteiger partial charge in [0.05, 0.1) is 30.5 Å². The first kappa shape index (κ1) is 31.2. The first-order valence-corrected chi connectivity index (χ1v) is 12.3. The van der Waals surface area contributed by atoms with E-state index in [-0.39, 0.29) is 25.2 Å².